The van der Waals surface area contributed by atoms with Crippen LogP contribution >= 0.6 is 0 Å². The predicted octanol–water partition coefficient (Wildman–Crippen LogP) is 2.22. The number of hydrogen-bond acceptors (Lipinski definition) is 4. The zero-order chi connectivity index (χ0) is 17.6. The van der Waals surface area contributed by atoms with E-state index in [-0.39, 0.29) is 17.7 Å². The summed E-state index contributed by atoms with van der Waals surface area (Å²) in [6.45, 7) is 5.98. The SMILES string of the molecule is C[C@H](C(=O)NCc1ccccc1)N1CCN(c2ccc(O)cc2)CC1. The summed E-state index contributed by atoms with van der Waals surface area (Å²) < 4.78 is 0. The van der Waals surface area contributed by atoms with E-state index in [1.165, 1.54) is 0 Å². The van der Waals surface area contributed by atoms with Gasteiger partial charge in [0.1, 0.15) is 5.75 Å². The summed E-state index contributed by atoms with van der Waals surface area (Å²) in [5.41, 5.74) is 2.22. The summed E-state index contributed by atoms with van der Waals surface area (Å²) in [4.78, 5) is 16.9. The number of hydrogen-bond donors (Lipinski definition) is 2. The fourth-order valence-corrected chi connectivity index (χ4v) is 3.13. The van der Waals surface area contributed by atoms with Gasteiger partial charge in [-0.25, -0.2) is 0 Å². The maximum atomic E-state index is 12.4. The molecular weight excluding hydrogens is 314 g/mol. The minimum absolute atomic E-state index is 0.0712. The van der Waals surface area contributed by atoms with Crippen molar-refractivity contribution in [2.24, 2.45) is 0 Å². The third-order valence-electron chi connectivity index (χ3n) is 4.77. The standard InChI is InChI=1S/C20H25N3O2/c1-16(20(25)21-15-17-5-3-2-4-6-17)22-11-13-23(14-12-22)18-7-9-19(24)10-8-18/h2-10,16,24H,11-15H2,1H3,(H,21,25)/t16-/m1/s1. The number of aromatic hydroxyl groups is 1. The van der Waals surface area contributed by atoms with Crippen molar-refractivity contribution in [1.82, 2.24) is 10.2 Å². The Balaban J connectivity index is 1.48. The highest BCUT2D eigenvalue weighted by Crippen LogP contribution is 2.20. The molecule has 1 fully saturated rings. The van der Waals surface area contributed by atoms with Crippen LogP contribution in [0.4, 0.5) is 5.69 Å². The molecule has 0 aromatic heterocycles. The number of nitrogens with zero attached hydrogens (tertiary/aromatic N) is 2. The zero-order valence-electron chi connectivity index (χ0n) is 14.6. The molecule has 5 nitrogen and oxygen atoms in total. The van der Waals surface area contributed by atoms with Crippen LogP contribution in [0.3, 0.4) is 0 Å². The van der Waals surface area contributed by atoms with Gasteiger partial charge >= 0.3 is 0 Å². The first-order valence-corrected chi connectivity index (χ1v) is 8.73. The lowest BCUT2D eigenvalue weighted by Gasteiger charge is -2.38. The molecule has 1 saturated heterocycles. The topological polar surface area (TPSA) is 55.8 Å². The van der Waals surface area contributed by atoms with E-state index in [0.29, 0.717) is 6.54 Å². The van der Waals surface area contributed by atoms with Crippen LogP contribution in [0.25, 0.3) is 0 Å². The molecule has 1 aliphatic rings. The van der Waals surface area contributed by atoms with E-state index in [1.807, 2.05) is 49.4 Å². The molecule has 0 bridgehead atoms. The lowest BCUT2D eigenvalue weighted by molar-refractivity contribution is -0.126. The fourth-order valence-electron chi connectivity index (χ4n) is 3.13. The van der Waals surface area contributed by atoms with E-state index in [0.717, 1.165) is 37.4 Å². The molecule has 1 atom stereocenters. The Morgan fingerprint density at radius 1 is 1.04 bits per heavy atom. The first-order valence-electron chi connectivity index (χ1n) is 8.73. The quantitative estimate of drug-likeness (QED) is 0.877. The lowest BCUT2D eigenvalue weighted by atomic mass is 10.2. The minimum atomic E-state index is -0.134. The number of amides is 1. The molecule has 1 heterocycles. The first-order chi connectivity index (χ1) is 12.1. The summed E-state index contributed by atoms with van der Waals surface area (Å²) in [7, 11) is 0. The Morgan fingerprint density at radius 3 is 2.32 bits per heavy atom. The smallest absolute Gasteiger partial charge is 0.237 e. The molecule has 1 amide bonds. The van der Waals surface area contributed by atoms with Gasteiger partial charge < -0.3 is 15.3 Å². The van der Waals surface area contributed by atoms with Gasteiger partial charge in [0.05, 0.1) is 6.04 Å². The molecule has 5 heteroatoms. The highest BCUT2D eigenvalue weighted by atomic mass is 16.3. The Morgan fingerprint density at radius 2 is 1.68 bits per heavy atom. The second-order valence-electron chi connectivity index (χ2n) is 6.42. The van der Waals surface area contributed by atoms with E-state index in [2.05, 4.69) is 15.1 Å². The molecule has 0 saturated carbocycles. The van der Waals surface area contributed by atoms with Crippen LogP contribution in [-0.2, 0) is 11.3 Å². The number of carbonyl (C=O) groups is 1. The molecule has 3 rings (SSSR count). The van der Waals surface area contributed by atoms with Crippen molar-refractivity contribution < 1.29 is 9.90 Å². The van der Waals surface area contributed by atoms with Crippen LogP contribution in [0.2, 0.25) is 0 Å². The third-order valence-corrected chi connectivity index (χ3v) is 4.77. The Hall–Kier alpha value is -2.53. The summed E-state index contributed by atoms with van der Waals surface area (Å²) in [6.07, 6.45) is 0. The van der Waals surface area contributed by atoms with Crippen molar-refractivity contribution in [3.8, 4) is 5.75 Å². The van der Waals surface area contributed by atoms with Crippen LogP contribution in [0.1, 0.15) is 12.5 Å². The number of benzene rings is 2. The summed E-state index contributed by atoms with van der Waals surface area (Å²) >= 11 is 0. The van der Waals surface area contributed by atoms with Gasteiger partial charge in [0, 0.05) is 38.4 Å². The van der Waals surface area contributed by atoms with Crippen LogP contribution in [0.15, 0.2) is 54.6 Å². The molecule has 2 N–H and O–H groups in total. The van der Waals surface area contributed by atoms with Crippen molar-refractivity contribution in [3.05, 3.63) is 60.2 Å². The van der Waals surface area contributed by atoms with E-state index in [1.54, 1.807) is 12.1 Å². The van der Waals surface area contributed by atoms with Gasteiger partial charge in [0.25, 0.3) is 0 Å². The van der Waals surface area contributed by atoms with E-state index < -0.39 is 0 Å². The van der Waals surface area contributed by atoms with Crippen molar-refractivity contribution in [1.29, 1.82) is 0 Å². The molecule has 1 aliphatic heterocycles. The van der Waals surface area contributed by atoms with Gasteiger partial charge in [0.2, 0.25) is 5.91 Å². The van der Waals surface area contributed by atoms with Crippen LogP contribution in [-0.4, -0.2) is 48.1 Å². The Bertz CT molecular complexity index is 680. The molecule has 0 spiro atoms. The van der Waals surface area contributed by atoms with Gasteiger partial charge in [0.15, 0.2) is 0 Å². The van der Waals surface area contributed by atoms with Crippen molar-refractivity contribution in [3.63, 3.8) is 0 Å². The average molecular weight is 339 g/mol. The van der Waals surface area contributed by atoms with Gasteiger partial charge in [-0.3, -0.25) is 9.69 Å². The highest BCUT2D eigenvalue weighted by molar-refractivity contribution is 5.81. The predicted molar refractivity (Wildman–Crippen MR) is 99.6 cm³/mol. The molecule has 132 valence electrons. The highest BCUT2D eigenvalue weighted by Gasteiger charge is 2.25. The zero-order valence-corrected chi connectivity index (χ0v) is 14.6. The van der Waals surface area contributed by atoms with Gasteiger partial charge in [-0.1, -0.05) is 30.3 Å². The van der Waals surface area contributed by atoms with Gasteiger partial charge in [-0.15, -0.1) is 0 Å². The number of phenolic OH excluding ortho intramolecular Hbond substituents is 1. The molecule has 0 aliphatic carbocycles. The number of nitrogens with one attached hydrogen (secondary N) is 1. The minimum Gasteiger partial charge on any atom is -0.508 e. The van der Waals surface area contributed by atoms with E-state index >= 15 is 0 Å². The number of anilines is 1. The summed E-state index contributed by atoms with van der Waals surface area (Å²) in [5.74, 6) is 0.355. The maximum absolute atomic E-state index is 12.4. The molecule has 2 aromatic carbocycles. The number of phenols is 1. The first kappa shape index (κ1) is 17.3. The number of carbonyl (C=O) groups excluding carboxylic acids is 1. The second-order valence-corrected chi connectivity index (χ2v) is 6.42. The number of rotatable bonds is 5. The van der Waals surface area contributed by atoms with Crippen molar-refractivity contribution in [2.45, 2.75) is 19.5 Å². The second kappa shape index (κ2) is 8.03. The maximum Gasteiger partial charge on any atom is 0.237 e. The Kier molecular flexibility index (Phi) is 5.56. The lowest BCUT2D eigenvalue weighted by Crippen LogP contribution is -2.53. The van der Waals surface area contributed by atoms with E-state index in [9.17, 15) is 9.90 Å². The van der Waals surface area contributed by atoms with Gasteiger partial charge in [-0.05, 0) is 36.8 Å². The molecule has 25 heavy (non-hydrogen) atoms. The summed E-state index contributed by atoms with van der Waals surface area (Å²) in [6, 6.07) is 17.1. The molecule has 0 unspecified atom stereocenters. The van der Waals surface area contributed by atoms with Gasteiger partial charge in [-0.2, -0.15) is 0 Å². The molecular formula is C20H25N3O2. The molecule has 0 radical (unpaired) electrons. The molecule has 2 aromatic rings. The number of piperazine rings is 1. The van der Waals surface area contributed by atoms with E-state index in [4.69, 9.17) is 0 Å². The van der Waals surface area contributed by atoms with Crippen LogP contribution in [0, 0.1) is 0 Å². The van der Waals surface area contributed by atoms with Crippen molar-refractivity contribution >= 4 is 11.6 Å². The monoisotopic (exact) mass is 339 g/mol. The summed E-state index contributed by atoms with van der Waals surface area (Å²) in [5, 5.41) is 12.4. The average Bonchev–Trinajstić information content (AvgIpc) is 2.67. The van der Waals surface area contributed by atoms with Crippen molar-refractivity contribution in [2.75, 3.05) is 31.1 Å². The normalized spacial score (nSPS) is 16.4. The van der Waals surface area contributed by atoms with Crippen LogP contribution < -0.4 is 10.2 Å². The fraction of sp³-hybridized carbons (Fsp3) is 0.350. The van der Waals surface area contributed by atoms with Crippen LogP contribution in [0.5, 0.6) is 5.75 Å². The Labute approximate surface area is 148 Å². The third kappa shape index (κ3) is 4.51. The largest absolute Gasteiger partial charge is 0.508 e.